The van der Waals surface area contributed by atoms with Gasteiger partial charge in [-0.2, -0.15) is 5.10 Å². The molecule has 8 heteroatoms. The normalized spacial score (nSPS) is 11.3. The Hall–Kier alpha value is -3.32. The minimum Gasteiger partial charge on any atom is -0.497 e. The molecular weight excluding hydrogens is 464 g/mol. The van der Waals surface area contributed by atoms with Gasteiger partial charge in [0.25, 0.3) is 0 Å². The second-order valence-electron chi connectivity index (χ2n) is 9.44. The Labute approximate surface area is 212 Å². The fourth-order valence-electron chi connectivity index (χ4n) is 3.56. The molecule has 2 aromatic carbocycles. The van der Waals surface area contributed by atoms with E-state index in [1.165, 1.54) is 0 Å². The van der Waals surface area contributed by atoms with Crippen LogP contribution in [0.4, 0.5) is 5.82 Å². The quantitative estimate of drug-likeness (QED) is 0.439. The van der Waals surface area contributed by atoms with Gasteiger partial charge in [-0.25, -0.2) is 4.68 Å². The molecule has 186 valence electrons. The van der Waals surface area contributed by atoms with E-state index in [0.29, 0.717) is 17.4 Å². The molecule has 0 radical (unpaired) electrons. The molecule has 1 N–H and O–H groups in total. The number of hydrogen-bond donors (Lipinski definition) is 1. The van der Waals surface area contributed by atoms with Crippen molar-refractivity contribution in [3.05, 3.63) is 70.9 Å². The van der Waals surface area contributed by atoms with Crippen molar-refractivity contribution in [3.63, 3.8) is 0 Å². The molecule has 1 heterocycles. The molecule has 0 aliphatic rings. The van der Waals surface area contributed by atoms with Crippen LogP contribution in [0.1, 0.15) is 45.4 Å². The van der Waals surface area contributed by atoms with E-state index in [9.17, 15) is 9.59 Å². The average molecular weight is 497 g/mol. The van der Waals surface area contributed by atoms with Crippen molar-refractivity contribution in [1.82, 2.24) is 14.7 Å². The van der Waals surface area contributed by atoms with Gasteiger partial charge in [-0.1, -0.05) is 51.4 Å². The number of benzene rings is 2. The molecule has 0 aliphatic carbocycles. The van der Waals surface area contributed by atoms with Gasteiger partial charge in [-0.3, -0.25) is 9.59 Å². The number of carbonyl (C=O) groups excluding carboxylic acids is 2. The summed E-state index contributed by atoms with van der Waals surface area (Å²) in [5.41, 5.74) is 2.28. The largest absolute Gasteiger partial charge is 0.497 e. The van der Waals surface area contributed by atoms with Crippen LogP contribution in [0.5, 0.6) is 5.75 Å². The van der Waals surface area contributed by atoms with Crippen LogP contribution in [0, 0.1) is 0 Å². The van der Waals surface area contributed by atoms with E-state index >= 15 is 0 Å². The number of hydrogen-bond acceptors (Lipinski definition) is 4. The topological polar surface area (TPSA) is 76.5 Å². The molecule has 2 amide bonds. The van der Waals surface area contributed by atoms with Gasteiger partial charge in [0, 0.05) is 23.0 Å². The number of amides is 2. The zero-order valence-corrected chi connectivity index (χ0v) is 21.7. The van der Waals surface area contributed by atoms with Crippen LogP contribution in [0.15, 0.2) is 54.6 Å². The summed E-state index contributed by atoms with van der Waals surface area (Å²) >= 11 is 6.05. The highest BCUT2D eigenvalue weighted by atomic mass is 35.5. The molecule has 0 saturated carbocycles. The highest BCUT2D eigenvalue weighted by molar-refractivity contribution is 6.30. The van der Waals surface area contributed by atoms with E-state index in [4.69, 9.17) is 21.4 Å². The molecular formula is C27H33ClN4O3. The Morgan fingerprint density at radius 2 is 1.74 bits per heavy atom. The van der Waals surface area contributed by atoms with Gasteiger partial charge in [-0.15, -0.1) is 0 Å². The van der Waals surface area contributed by atoms with E-state index < -0.39 is 0 Å². The van der Waals surface area contributed by atoms with Gasteiger partial charge < -0.3 is 15.0 Å². The molecule has 3 aromatic rings. The first-order valence-electron chi connectivity index (χ1n) is 11.7. The Morgan fingerprint density at radius 3 is 2.31 bits per heavy atom. The molecule has 0 fully saturated rings. The maximum Gasteiger partial charge on any atom is 0.245 e. The number of nitrogens with one attached hydrogen (secondary N) is 1. The second-order valence-corrected chi connectivity index (χ2v) is 9.88. The van der Waals surface area contributed by atoms with Crippen molar-refractivity contribution >= 4 is 29.2 Å². The van der Waals surface area contributed by atoms with Gasteiger partial charge in [0.2, 0.25) is 11.8 Å². The number of aromatic nitrogens is 2. The summed E-state index contributed by atoms with van der Waals surface area (Å²) in [6, 6.07) is 16.5. The van der Waals surface area contributed by atoms with Crippen LogP contribution in [-0.2, 0) is 21.4 Å². The van der Waals surface area contributed by atoms with Gasteiger partial charge in [0.1, 0.15) is 11.6 Å². The van der Waals surface area contributed by atoms with Gasteiger partial charge >= 0.3 is 0 Å². The Kier molecular flexibility index (Phi) is 8.57. The third kappa shape index (κ3) is 7.09. The first kappa shape index (κ1) is 26.3. The van der Waals surface area contributed by atoms with E-state index in [1.807, 2.05) is 49.4 Å². The molecule has 35 heavy (non-hydrogen) atoms. The van der Waals surface area contributed by atoms with E-state index in [1.54, 1.807) is 28.8 Å². The van der Waals surface area contributed by atoms with Crippen LogP contribution in [0.3, 0.4) is 0 Å². The lowest BCUT2D eigenvalue weighted by Gasteiger charge is -2.22. The summed E-state index contributed by atoms with van der Waals surface area (Å²) in [5.74, 6) is 0.894. The highest BCUT2D eigenvalue weighted by Gasteiger charge is 2.23. The molecule has 3 rings (SSSR count). The van der Waals surface area contributed by atoms with Crippen LogP contribution in [-0.4, -0.2) is 46.7 Å². The zero-order chi connectivity index (χ0) is 25.6. The maximum absolute atomic E-state index is 13.1. The molecule has 0 spiro atoms. The second kappa shape index (κ2) is 11.4. The SMILES string of the molecule is CCCN(CC(=O)Nc1cc(C(C)(C)C)nn1-c1ccc(Cl)cc1)C(=O)Cc1ccc(OC)cc1. The van der Waals surface area contributed by atoms with Crippen molar-refractivity contribution in [2.45, 2.75) is 46.0 Å². The molecule has 0 bridgehead atoms. The summed E-state index contributed by atoms with van der Waals surface area (Å²) in [7, 11) is 1.60. The monoisotopic (exact) mass is 496 g/mol. The number of rotatable bonds is 9. The lowest BCUT2D eigenvalue weighted by molar-refractivity contribution is -0.134. The number of anilines is 1. The van der Waals surface area contributed by atoms with Gasteiger partial charge in [0.05, 0.1) is 31.5 Å². The molecule has 1 aromatic heterocycles. The molecule has 0 unspecified atom stereocenters. The highest BCUT2D eigenvalue weighted by Crippen LogP contribution is 2.27. The van der Waals surface area contributed by atoms with E-state index in [2.05, 4.69) is 26.1 Å². The Bertz CT molecular complexity index is 1150. The molecule has 7 nitrogen and oxygen atoms in total. The predicted octanol–water partition coefficient (Wildman–Crippen LogP) is 5.25. The van der Waals surface area contributed by atoms with Gasteiger partial charge in [0.15, 0.2) is 0 Å². The van der Waals surface area contributed by atoms with E-state index in [-0.39, 0.29) is 30.2 Å². The summed E-state index contributed by atoms with van der Waals surface area (Å²) in [5, 5.41) is 8.30. The standard InChI is InChI=1S/C27H33ClN4O3/c1-6-15-31(26(34)16-19-7-13-22(35-5)14-8-19)18-25(33)29-24-17-23(27(2,3)4)30-32(24)21-11-9-20(28)10-12-21/h7-14,17H,6,15-16,18H2,1-5H3,(H,29,33). The first-order chi connectivity index (χ1) is 16.6. The average Bonchev–Trinajstić information content (AvgIpc) is 3.24. The van der Waals surface area contributed by atoms with Crippen molar-refractivity contribution < 1.29 is 14.3 Å². The number of carbonyl (C=O) groups is 2. The molecule has 0 saturated heterocycles. The summed E-state index contributed by atoms with van der Waals surface area (Å²) in [6.07, 6.45) is 0.965. The van der Waals surface area contributed by atoms with E-state index in [0.717, 1.165) is 29.1 Å². The van der Waals surface area contributed by atoms with Crippen molar-refractivity contribution in [2.24, 2.45) is 0 Å². The summed E-state index contributed by atoms with van der Waals surface area (Å²) in [4.78, 5) is 27.6. The van der Waals surface area contributed by atoms with Crippen LogP contribution in [0.25, 0.3) is 5.69 Å². The third-order valence-electron chi connectivity index (χ3n) is 5.51. The number of methoxy groups -OCH3 is 1. The number of ether oxygens (including phenoxy) is 1. The number of halogens is 1. The Morgan fingerprint density at radius 1 is 1.09 bits per heavy atom. The van der Waals surface area contributed by atoms with Crippen LogP contribution < -0.4 is 10.1 Å². The number of nitrogens with zero attached hydrogens (tertiary/aromatic N) is 3. The van der Waals surface area contributed by atoms with Crippen molar-refractivity contribution in [3.8, 4) is 11.4 Å². The van der Waals surface area contributed by atoms with Crippen molar-refractivity contribution in [2.75, 3.05) is 25.5 Å². The lowest BCUT2D eigenvalue weighted by atomic mass is 9.92. The first-order valence-corrected chi connectivity index (χ1v) is 12.1. The smallest absolute Gasteiger partial charge is 0.245 e. The van der Waals surface area contributed by atoms with Crippen LogP contribution >= 0.6 is 11.6 Å². The third-order valence-corrected chi connectivity index (χ3v) is 5.76. The van der Waals surface area contributed by atoms with Crippen LogP contribution in [0.2, 0.25) is 5.02 Å². The Balaban J connectivity index is 1.77. The molecule has 0 aliphatic heterocycles. The van der Waals surface area contributed by atoms with Crippen molar-refractivity contribution in [1.29, 1.82) is 0 Å². The fraction of sp³-hybridized carbons (Fsp3) is 0.370. The fourth-order valence-corrected chi connectivity index (χ4v) is 3.69. The maximum atomic E-state index is 13.1. The zero-order valence-electron chi connectivity index (χ0n) is 21.0. The van der Waals surface area contributed by atoms with Gasteiger partial charge in [-0.05, 0) is 48.4 Å². The summed E-state index contributed by atoms with van der Waals surface area (Å²) in [6.45, 7) is 8.62. The minimum atomic E-state index is -0.280. The lowest BCUT2D eigenvalue weighted by Crippen LogP contribution is -2.39. The molecule has 0 atom stereocenters. The minimum absolute atomic E-state index is 0.0422. The summed E-state index contributed by atoms with van der Waals surface area (Å²) < 4.78 is 6.87. The predicted molar refractivity (Wildman–Crippen MR) is 139 cm³/mol.